The SMILES string of the molecule is CCC(C)(C)c1ccc(Oc2cccc(CNC)n2)cc1. The lowest BCUT2D eigenvalue weighted by atomic mass is 9.82. The van der Waals surface area contributed by atoms with Gasteiger partial charge in [0.05, 0.1) is 5.69 Å². The van der Waals surface area contributed by atoms with Crippen molar-refractivity contribution >= 4 is 0 Å². The average Bonchev–Trinajstić information content (AvgIpc) is 2.48. The van der Waals surface area contributed by atoms with Crippen LogP contribution in [0.1, 0.15) is 38.4 Å². The Morgan fingerprint density at radius 2 is 1.81 bits per heavy atom. The van der Waals surface area contributed by atoms with Crippen molar-refractivity contribution in [1.82, 2.24) is 10.3 Å². The Kier molecular flexibility index (Phi) is 4.97. The minimum Gasteiger partial charge on any atom is -0.439 e. The van der Waals surface area contributed by atoms with Gasteiger partial charge in [0.15, 0.2) is 0 Å². The second-order valence-corrected chi connectivity index (χ2v) is 5.86. The Labute approximate surface area is 127 Å². The lowest BCUT2D eigenvalue weighted by molar-refractivity contribution is 0.458. The summed E-state index contributed by atoms with van der Waals surface area (Å²) >= 11 is 0. The van der Waals surface area contributed by atoms with E-state index in [-0.39, 0.29) is 5.41 Å². The Morgan fingerprint density at radius 1 is 1.10 bits per heavy atom. The third kappa shape index (κ3) is 4.05. The van der Waals surface area contributed by atoms with Gasteiger partial charge in [-0.1, -0.05) is 39.0 Å². The normalized spacial score (nSPS) is 11.4. The van der Waals surface area contributed by atoms with Gasteiger partial charge in [-0.2, -0.15) is 0 Å². The van der Waals surface area contributed by atoms with Crippen LogP contribution in [0.2, 0.25) is 0 Å². The maximum Gasteiger partial charge on any atom is 0.219 e. The molecule has 0 saturated heterocycles. The molecular weight excluding hydrogens is 260 g/mol. The van der Waals surface area contributed by atoms with Crippen LogP contribution in [0.25, 0.3) is 0 Å². The molecule has 0 atom stereocenters. The number of rotatable bonds is 6. The first-order valence-corrected chi connectivity index (χ1v) is 7.44. The van der Waals surface area contributed by atoms with E-state index < -0.39 is 0 Å². The highest BCUT2D eigenvalue weighted by Gasteiger charge is 2.17. The summed E-state index contributed by atoms with van der Waals surface area (Å²) in [6.07, 6.45) is 1.11. The second kappa shape index (κ2) is 6.72. The van der Waals surface area contributed by atoms with E-state index in [0.29, 0.717) is 5.88 Å². The zero-order valence-electron chi connectivity index (χ0n) is 13.3. The van der Waals surface area contributed by atoms with Gasteiger partial charge in [0.1, 0.15) is 5.75 Å². The smallest absolute Gasteiger partial charge is 0.219 e. The van der Waals surface area contributed by atoms with Gasteiger partial charge >= 0.3 is 0 Å². The number of hydrogen-bond donors (Lipinski definition) is 1. The van der Waals surface area contributed by atoms with Crippen molar-refractivity contribution in [2.75, 3.05) is 7.05 Å². The fourth-order valence-corrected chi connectivity index (χ4v) is 2.09. The zero-order valence-corrected chi connectivity index (χ0v) is 13.3. The second-order valence-electron chi connectivity index (χ2n) is 5.86. The monoisotopic (exact) mass is 284 g/mol. The van der Waals surface area contributed by atoms with Gasteiger partial charge in [-0.05, 0) is 42.6 Å². The van der Waals surface area contributed by atoms with Crippen molar-refractivity contribution in [3.63, 3.8) is 0 Å². The lowest BCUT2D eigenvalue weighted by Gasteiger charge is -2.23. The molecule has 0 amide bonds. The number of pyridine rings is 1. The molecule has 2 aromatic rings. The Hall–Kier alpha value is -1.87. The molecule has 3 heteroatoms. The van der Waals surface area contributed by atoms with Gasteiger partial charge in [-0.15, -0.1) is 0 Å². The van der Waals surface area contributed by atoms with E-state index in [2.05, 4.69) is 43.2 Å². The van der Waals surface area contributed by atoms with Crippen molar-refractivity contribution in [3.05, 3.63) is 53.7 Å². The van der Waals surface area contributed by atoms with Crippen LogP contribution in [0.15, 0.2) is 42.5 Å². The molecule has 0 unspecified atom stereocenters. The van der Waals surface area contributed by atoms with E-state index in [1.807, 2.05) is 37.4 Å². The van der Waals surface area contributed by atoms with Crippen molar-refractivity contribution in [1.29, 1.82) is 0 Å². The van der Waals surface area contributed by atoms with Gasteiger partial charge in [-0.3, -0.25) is 0 Å². The zero-order chi connectivity index (χ0) is 15.3. The number of hydrogen-bond acceptors (Lipinski definition) is 3. The van der Waals surface area contributed by atoms with Crippen LogP contribution in [-0.2, 0) is 12.0 Å². The number of benzene rings is 1. The number of aromatic nitrogens is 1. The molecule has 0 saturated carbocycles. The summed E-state index contributed by atoms with van der Waals surface area (Å²) < 4.78 is 5.83. The van der Waals surface area contributed by atoms with E-state index >= 15 is 0 Å². The van der Waals surface area contributed by atoms with Gasteiger partial charge in [-0.25, -0.2) is 4.98 Å². The summed E-state index contributed by atoms with van der Waals surface area (Å²) in [5, 5.41) is 3.09. The van der Waals surface area contributed by atoms with Crippen LogP contribution < -0.4 is 10.1 Å². The molecule has 0 aliphatic carbocycles. The highest BCUT2D eigenvalue weighted by Crippen LogP contribution is 2.29. The van der Waals surface area contributed by atoms with Crippen molar-refractivity contribution in [3.8, 4) is 11.6 Å². The molecule has 2 rings (SSSR count). The summed E-state index contributed by atoms with van der Waals surface area (Å²) in [7, 11) is 1.91. The highest BCUT2D eigenvalue weighted by molar-refractivity contribution is 5.33. The van der Waals surface area contributed by atoms with E-state index in [9.17, 15) is 0 Å². The predicted molar refractivity (Wildman–Crippen MR) is 86.8 cm³/mol. The summed E-state index contributed by atoms with van der Waals surface area (Å²) in [6, 6.07) is 14.1. The standard InChI is InChI=1S/C18H24N2O/c1-5-18(2,3)14-9-11-16(12-10-14)21-17-8-6-7-15(20-17)13-19-4/h6-12,19H,5,13H2,1-4H3. The third-order valence-electron chi connectivity index (χ3n) is 3.88. The first kappa shape index (κ1) is 15.5. The first-order valence-electron chi connectivity index (χ1n) is 7.44. The summed E-state index contributed by atoms with van der Waals surface area (Å²) in [6.45, 7) is 7.46. The van der Waals surface area contributed by atoms with E-state index in [1.165, 1.54) is 5.56 Å². The molecule has 112 valence electrons. The molecule has 1 heterocycles. The van der Waals surface area contributed by atoms with Gasteiger partial charge in [0.2, 0.25) is 5.88 Å². The van der Waals surface area contributed by atoms with E-state index in [1.54, 1.807) is 0 Å². The minimum absolute atomic E-state index is 0.198. The van der Waals surface area contributed by atoms with Crippen LogP contribution in [0, 0.1) is 0 Å². The molecular formula is C18H24N2O. The Bertz CT molecular complexity index is 576. The van der Waals surface area contributed by atoms with Gasteiger partial charge in [0, 0.05) is 12.6 Å². The maximum atomic E-state index is 5.83. The Balaban J connectivity index is 2.11. The molecule has 0 radical (unpaired) electrons. The molecule has 1 aromatic heterocycles. The molecule has 3 nitrogen and oxygen atoms in total. The summed E-state index contributed by atoms with van der Waals surface area (Å²) in [5.41, 5.74) is 2.50. The molecule has 1 aromatic carbocycles. The van der Waals surface area contributed by atoms with Crippen LogP contribution >= 0.6 is 0 Å². The maximum absolute atomic E-state index is 5.83. The van der Waals surface area contributed by atoms with Gasteiger partial charge in [0.25, 0.3) is 0 Å². The average molecular weight is 284 g/mol. The minimum atomic E-state index is 0.198. The summed E-state index contributed by atoms with van der Waals surface area (Å²) in [5.74, 6) is 1.45. The number of nitrogens with zero attached hydrogens (tertiary/aromatic N) is 1. The molecule has 1 N–H and O–H groups in total. The van der Waals surface area contributed by atoms with Crippen molar-refractivity contribution in [2.45, 2.75) is 39.2 Å². The van der Waals surface area contributed by atoms with Gasteiger partial charge < -0.3 is 10.1 Å². The van der Waals surface area contributed by atoms with Crippen molar-refractivity contribution in [2.24, 2.45) is 0 Å². The first-order chi connectivity index (χ1) is 10.0. The molecule has 0 fully saturated rings. The molecule has 0 aliphatic rings. The van der Waals surface area contributed by atoms with Crippen LogP contribution in [-0.4, -0.2) is 12.0 Å². The lowest BCUT2D eigenvalue weighted by Crippen LogP contribution is -2.14. The fraction of sp³-hybridized carbons (Fsp3) is 0.389. The van der Waals surface area contributed by atoms with E-state index in [0.717, 1.165) is 24.4 Å². The van der Waals surface area contributed by atoms with Crippen LogP contribution in [0.5, 0.6) is 11.6 Å². The molecule has 0 spiro atoms. The molecule has 21 heavy (non-hydrogen) atoms. The summed E-state index contributed by atoms with van der Waals surface area (Å²) in [4.78, 5) is 4.46. The molecule has 0 bridgehead atoms. The quantitative estimate of drug-likeness (QED) is 0.859. The van der Waals surface area contributed by atoms with Crippen LogP contribution in [0.3, 0.4) is 0 Å². The van der Waals surface area contributed by atoms with Crippen molar-refractivity contribution < 1.29 is 4.74 Å². The predicted octanol–water partition coefficient (Wildman–Crippen LogP) is 4.28. The van der Waals surface area contributed by atoms with Crippen LogP contribution in [0.4, 0.5) is 0 Å². The largest absolute Gasteiger partial charge is 0.439 e. The van der Waals surface area contributed by atoms with E-state index in [4.69, 9.17) is 4.74 Å². The highest BCUT2D eigenvalue weighted by atomic mass is 16.5. The fourth-order valence-electron chi connectivity index (χ4n) is 2.09. The number of ether oxygens (including phenoxy) is 1. The third-order valence-corrected chi connectivity index (χ3v) is 3.88. The Morgan fingerprint density at radius 3 is 2.43 bits per heavy atom. The molecule has 0 aliphatic heterocycles. The number of nitrogens with one attached hydrogen (secondary N) is 1. The topological polar surface area (TPSA) is 34.1 Å².